The molecule has 3 rings (SSSR count). The van der Waals surface area contributed by atoms with E-state index in [2.05, 4.69) is 27.1 Å². The molecule has 1 saturated heterocycles. The molecule has 3 heterocycles. The number of amides is 1. The predicted octanol–water partition coefficient (Wildman–Crippen LogP) is 0.834. The van der Waals surface area contributed by atoms with Crippen molar-refractivity contribution in [3.63, 3.8) is 0 Å². The molecule has 7 heteroatoms. The third kappa shape index (κ3) is 2.64. The SMILES string of the molecule is CCc1cc(C(=O)N2CCN(C)C(c3nccn3C)C2)n[nH]1. The maximum absolute atomic E-state index is 12.6. The van der Waals surface area contributed by atoms with Gasteiger partial charge in [-0.2, -0.15) is 5.10 Å². The largest absolute Gasteiger partial charge is 0.337 e. The minimum Gasteiger partial charge on any atom is -0.337 e. The Morgan fingerprint density at radius 2 is 2.23 bits per heavy atom. The van der Waals surface area contributed by atoms with Gasteiger partial charge in [0.15, 0.2) is 0 Å². The molecule has 0 radical (unpaired) electrons. The van der Waals surface area contributed by atoms with Crippen molar-refractivity contribution in [1.29, 1.82) is 0 Å². The summed E-state index contributed by atoms with van der Waals surface area (Å²) in [6.07, 6.45) is 4.58. The number of likely N-dealkylation sites (N-methyl/N-ethyl adjacent to an activating group) is 1. The summed E-state index contributed by atoms with van der Waals surface area (Å²) < 4.78 is 2.01. The molecule has 22 heavy (non-hydrogen) atoms. The number of imidazole rings is 1. The zero-order valence-corrected chi connectivity index (χ0v) is 13.3. The summed E-state index contributed by atoms with van der Waals surface area (Å²) in [5.41, 5.74) is 1.48. The van der Waals surface area contributed by atoms with Crippen molar-refractivity contribution in [1.82, 2.24) is 29.5 Å². The van der Waals surface area contributed by atoms with Gasteiger partial charge in [-0.1, -0.05) is 6.92 Å². The van der Waals surface area contributed by atoms with Gasteiger partial charge in [0, 0.05) is 44.8 Å². The maximum atomic E-state index is 12.6. The van der Waals surface area contributed by atoms with E-state index in [0.717, 1.165) is 24.5 Å². The number of aromatic amines is 1. The third-order valence-electron chi connectivity index (χ3n) is 4.32. The van der Waals surface area contributed by atoms with E-state index >= 15 is 0 Å². The Kier molecular flexibility index (Phi) is 3.98. The van der Waals surface area contributed by atoms with E-state index in [0.29, 0.717) is 18.8 Å². The number of carbonyl (C=O) groups is 1. The molecule has 1 aliphatic heterocycles. The molecule has 0 spiro atoms. The molecule has 1 fully saturated rings. The lowest BCUT2D eigenvalue weighted by atomic mass is 10.1. The lowest BCUT2D eigenvalue weighted by molar-refractivity contribution is 0.0523. The molecule has 0 aromatic carbocycles. The highest BCUT2D eigenvalue weighted by molar-refractivity contribution is 5.92. The Morgan fingerprint density at radius 3 is 2.86 bits per heavy atom. The molecule has 7 nitrogen and oxygen atoms in total. The second-order valence-corrected chi connectivity index (χ2v) is 5.78. The van der Waals surface area contributed by atoms with Crippen LogP contribution >= 0.6 is 0 Å². The number of aromatic nitrogens is 4. The van der Waals surface area contributed by atoms with Crippen molar-refractivity contribution in [3.8, 4) is 0 Å². The van der Waals surface area contributed by atoms with Crippen LogP contribution in [0, 0.1) is 0 Å². The summed E-state index contributed by atoms with van der Waals surface area (Å²) in [5.74, 6) is 0.972. The summed E-state index contributed by atoms with van der Waals surface area (Å²) in [4.78, 5) is 21.2. The minimum atomic E-state index is -0.0109. The van der Waals surface area contributed by atoms with Crippen LogP contribution in [0.2, 0.25) is 0 Å². The first-order valence-corrected chi connectivity index (χ1v) is 7.61. The minimum absolute atomic E-state index is 0.0109. The average Bonchev–Trinajstić information content (AvgIpc) is 3.16. The standard InChI is InChI=1S/C15H22N6O/c1-4-11-9-12(18-17-11)15(22)21-8-7-19(2)13(10-21)14-16-5-6-20(14)3/h5-6,9,13H,4,7-8,10H2,1-3H3,(H,17,18). The quantitative estimate of drug-likeness (QED) is 0.912. The van der Waals surface area contributed by atoms with Gasteiger partial charge in [-0.05, 0) is 19.5 Å². The van der Waals surface area contributed by atoms with Gasteiger partial charge in [0.1, 0.15) is 11.5 Å². The van der Waals surface area contributed by atoms with Crippen LogP contribution in [0.3, 0.4) is 0 Å². The molecular weight excluding hydrogens is 280 g/mol. The number of rotatable bonds is 3. The predicted molar refractivity (Wildman–Crippen MR) is 82.4 cm³/mol. The van der Waals surface area contributed by atoms with Gasteiger partial charge in [-0.25, -0.2) is 4.98 Å². The summed E-state index contributed by atoms with van der Waals surface area (Å²) in [6.45, 7) is 4.21. The smallest absolute Gasteiger partial charge is 0.274 e. The molecule has 1 amide bonds. The van der Waals surface area contributed by atoms with Crippen LogP contribution in [0.5, 0.6) is 0 Å². The van der Waals surface area contributed by atoms with Gasteiger partial charge in [0.05, 0.1) is 6.04 Å². The van der Waals surface area contributed by atoms with E-state index in [4.69, 9.17) is 0 Å². The van der Waals surface area contributed by atoms with E-state index in [1.54, 1.807) is 6.20 Å². The number of carbonyl (C=O) groups excluding carboxylic acids is 1. The topological polar surface area (TPSA) is 70.1 Å². The number of piperazine rings is 1. The van der Waals surface area contributed by atoms with Crippen LogP contribution in [0.25, 0.3) is 0 Å². The van der Waals surface area contributed by atoms with Crippen LogP contribution < -0.4 is 0 Å². The maximum Gasteiger partial charge on any atom is 0.274 e. The van der Waals surface area contributed by atoms with Gasteiger partial charge < -0.3 is 9.47 Å². The molecular formula is C15H22N6O. The number of hydrogen-bond acceptors (Lipinski definition) is 4. The van der Waals surface area contributed by atoms with E-state index in [9.17, 15) is 4.79 Å². The van der Waals surface area contributed by atoms with Crippen LogP contribution in [-0.2, 0) is 13.5 Å². The summed E-state index contributed by atoms with van der Waals surface area (Å²) in [7, 11) is 4.06. The highest BCUT2D eigenvalue weighted by Crippen LogP contribution is 2.23. The molecule has 1 unspecified atom stereocenters. The molecule has 2 aromatic rings. The number of aryl methyl sites for hydroxylation is 2. The highest BCUT2D eigenvalue weighted by Gasteiger charge is 2.31. The summed E-state index contributed by atoms with van der Waals surface area (Å²) in [5, 5.41) is 7.04. The highest BCUT2D eigenvalue weighted by atomic mass is 16.2. The number of hydrogen-bond donors (Lipinski definition) is 1. The van der Waals surface area contributed by atoms with Crippen LogP contribution in [0.15, 0.2) is 18.5 Å². The van der Waals surface area contributed by atoms with Crippen LogP contribution in [-0.4, -0.2) is 62.1 Å². The zero-order chi connectivity index (χ0) is 15.7. The fourth-order valence-electron chi connectivity index (χ4n) is 2.85. The molecule has 2 aromatic heterocycles. The lowest BCUT2D eigenvalue weighted by Crippen LogP contribution is -2.49. The number of nitrogens with zero attached hydrogens (tertiary/aromatic N) is 5. The Bertz CT molecular complexity index is 661. The van der Waals surface area contributed by atoms with Crippen molar-refractivity contribution >= 4 is 5.91 Å². The fourth-order valence-corrected chi connectivity index (χ4v) is 2.85. The van der Waals surface area contributed by atoms with Gasteiger partial charge in [0.25, 0.3) is 5.91 Å². The molecule has 1 aliphatic rings. The van der Waals surface area contributed by atoms with Crippen LogP contribution in [0.1, 0.15) is 35.0 Å². The third-order valence-corrected chi connectivity index (χ3v) is 4.32. The Labute approximate surface area is 129 Å². The Morgan fingerprint density at radius 1 is 1.41 bits per heavy atom. The van der Waals surface area contributed by atoms with Crippen molar-refractivity contribution in [2.24, 2.45) is 7.05 Å². The van der Waals surface area contributed by atoms with Crippen molar-refractivity contribution in [2.75, 3.05) is 26.7 Å². The monoisotopic (exact) mass is 302 g/mol. The van der Waals surface area contributed by atoms with Crippen molar-refractivity contribution < 1.29 is 4.79 Å². The van der Waals surface area contributed by atoms with E-state index in [-0.39, 0.29) is 11.9 Å². The molecule has 0 saturated carbocycles. The lowest BCUT2D eigenvalue weighted by Gasteiger charge is -2.38. The first-order chi connectivity index (χ1) is 10.6. The first-order valence-electron chi connectivity index (χ1n) is 7.61. The summed E-state index contributed by atoms with van der Waals surface area (Å²) in [6, 6.07) is 1.96. The fraction of sp³-hybridized carbons (Fsp3) is 0.533. The molecule has 118 valence electrons. The van der Waals surface area contributed by atoms with Gasteiger partial charge in [-0.15, -0.1) is 0 Å². The van der Waals surface area contributed by atoms with Crippen molar-refractivity contribution in [2.45, 2.75) is 19.4 Å². The Balaban J connectivity index is 1.78. The van der Waals surface area contributed by atoms with E-state index in [1.165, 1.54) is 0 Å². The zero-order valence-electron chi connectivity index (χ0n) is 13.3. The molecule has 1 N–H and O–H groups in total. The second-order valence-electron chi connectivity index (χ2n) is 5.78. The van der Waals surface area contributed by atoms with Gasteiger partial charge in [-0.3, -0.25) is 14.8 Å². The van der Waals surface area contributed by atoms with E-state index in [1.807, 2.05) is 35.7 Å². The molecule has 1 atom stereocenters. The van der Waals surface area contributed by atoms with Gasteiger partial charge in [0.2, 0.25) is 0 Å². The number of nitrogens with one attached hydrogen (secondary N) is 1. The Hall–Kier alpha value is -2.15. The van der Waals surface area contributed by atoms with Crippen molar-refractivity contribution in [3.05, 3.63) is 35.7 Å². The average molecular weight is 302 g/mol. The van der Waals surface area contributed by atoms with E-state index < -0.39 is 0 Å². The molecule has 0 bridgehead atoms. The normalized spacial score (nSPS) is 19.6. The van der Waals surface area contributed by atoms with Crippen LogP contribution in [0.4, 0.5) is 0 Å². The number of H-pyrrole nitrogens is 1. The molecule has 0 aliphatic carbocycles. The van der Waals surface area contributed by atoms with Gasteiger partial charge >= 0.3 is 0 Å². The summed E-state index contributed by atoms with van der Waals surface area (Å²) >= 11 is 0. The second kappa shape index (κ2) is 5.92. The first kappa shape index (κ1) is 14.8.